The predicted octanol–water partition coefficient (Wildman–Crippen LogP) is 3.62. The number of H-pyrrole nitrogens is 1. The molecule has 0 aliphatic carbocycles. The minimum Gasteiger partial charge on any atom is -0.455 e. The van der Waals surface area contributed by atoms with Gasteiger partial charge in [0.2, 0.25) is 0 Å². The first-order valence-electron chi connectivity index (χ1n) is 11.3. The number of nitrogens with zero attached hydrogens (tertiary/aromatic N) is 3. The van der Waals surface area contributed by atoms with E-state index in [1.54, 1.807) is 39.8 Å². The smallest absolute Gasteiger partial charge is 0.274 e. The molecule has 0 fully saturated rings. The van der Waals surface area contributed by atoms with E-state index in [1.807, 2.05) is 38.1 Å². The molecule has 1 aromatic carbocycles. The lowest BCUT2D eigenvalue weighted by Crippen LogP contribution is -2.18. The van der Waals surface area contributed by atoms with Crippen molar-refractivity contribution >= 4 is 22.7 Å². The van der Waals surface area contributed by atoms with Gasteiger partial charge in [-0.15, -0.1) is 0 Å². The number of aryl methyl sites for hydroxylation is 4. The van der Waals surface area contributed by atoms with Gasteiger partial charge in [-0.2, -0.15) is 0 Å². The zero-order valence-corrected chi connectivity index (χ0v) is 21.0. The molecule has 3 aromatic heterocycles. The van der Waals surface area contributed by atoms with E-state index in [4.69, 9.17) is 15.2 Å². The molecule has 0 saturated heterocycles. The van der Waals surface area contributed by atoms with Gasteiger partial charge >= 0.3 is 0 Å². The van der Waals surface area contributed by atoms with Gasteiger partial charge in [0.15, 0.2) is 5.75 Å². The lowest BCUT2D eigenvalue weighted by atomic mass is 10.0. The molecular weight excluding hydrogens is 458 g/mol. The molecular formula is C27H29N5O4. The van der Waals surface area contributed by atoms with Crippen molar-refractivity contribution < 1.29 is 9.47 Å². The second-order valence-electron chi connectivity index (χ2n) is 8.61. The SMILES string of the molecule is COC/N=C/C(=C\N)c1cc2c(-c3cc(=O)n(C)cc3Oc3c(C)cccc3C)cn(C)c(=O)c2[nH]1. The molecule has 186 valence electrons. The zero-order valence-electron chi connectivity index (χ0n) is 21.0. The van der Waals surface area contributed by atoms with E-state index in [0.29, 0.717) is 39.0 Å². The number of methoxy groups -OCH3 is 1. The van der Waals surface area contributed by atoms with Crippen molar-refractivity contribution in [3.63, 3.8) is 0 Å². The number of hydrogen-bond acceptors (Lipinski definition) is 6. The Morgan fingerprint density at radius 1 is 1.08 bits per heavy atom. The predicted molar refractivity (Wildman–Crippen MR) is 143 cm³/mol. The van der Waals surface area contributed by atoms with Crippen molar-refractivity contribution in [2.45, 2.75) is 13.8 Å². The highest BCUT2D eigenvalue weighted by Crippen LogP contribution is 2.38. The average molecular weight is 488 g/mol. The maximum Gasteiger partial charge on any atom is 0.274 e. The number of allylic oxidation sites excluding steroid dienone is 1. The Bertz CT molecular complexity index is 1600. The molecule has 9 nitrogen and oxygen atoms in total. The lowest BCUT2D eigenvalue weighted by Gasteiger charge is -2.17. The van der Waals surface area contributed by atoms with Crippen LogP contribution in [0.1, 0.15) is 16.8 Å². The number of benzene rings is 1. The highest BCUT2D eigenvalue weighted by Gasteiger charge is 2.19. The summed E-state index contributed by atoms with van der Waals surface area (Å²) in [5, 5.41) is 0.632. The van der Waals surface area contributed by atoms with Crippen LogP contribution in [-0.4, -0.2) is 34.2 Å². The van der Waals surface area contributed by atoms with E-state index in [-0.39, 0.29) is 17.8 Å². The van der Waals surface area contributed by atoms with E-state index in [2.05, 4.69) is 9.98 Å². The van der Waals surface area contributed by atoms with Gasteiger partial charge in [0.05, 0.1) is 6.20 Å². The van der Waals surface area contributed by atoms with E-state index in [0.717, 1.165) is 16.9 Å². The molecule has 3 heterocycles. The van der Waals surface area contributed by atoms with Crippen molar-refractivity contribution in [3.05, 3.63) is 86.5 Å². The fraction of sp³-hybridized carbons (Fsp3) is 0.222. The molecule has 0 aliphatic heterocycles. The minimum atomic E-state index is -0.216. The maximum atomic E-state index is 13.0. The largest absolute Gasteiger partial charge is 0.455 e. The normalized spacial score (nSPS) is 12.1. The first-order chi connectivity index (χ1) is 17.2. The topological polar surface area (TPSA) is 117 Å². The zero-order chi connectivity index (χ0) is 26.0. The average Bonchev–Trinajstić information content (AvgIpc) is 3.29. The van der Waals surface area contributed by atoms with Crippen LogP contribution in [0.15, 0.2) is 63.5 Å². The third kappa shape index (κ3) is 4.60. The van der Waals surface area contributed by atoms with Gasteiger partial charge in [-0.3, -0.25) is 14.6 Å². The van der Waals surface area contributed by atoms with Crippen LogP contribution in [-0.2, 0) is 18.8 Å². The summed E-state index contributed by atoms with van der Waals surface area (Å²) in [6.45, 7) is 4.12. The summed E-state index contributed by atoms with van der Waals surface area (Å²) in [5.74, 6) is 1.21. The number of ether oxygens (including phenoxy) is 2. The maximum absolute atomic E-state index is 13.0. The molecule has 0 unspecified atom stereocenters. The van der Waals surface area contributed by atoms with Gasteiger partial charge in [0.1, 0.15) is 18.0 Å². The van der Waals surface area contributed by atoms with Crippen LogP contribution >= 0.6 is 0 Å². The summed E-state index contributed by atoms with van der Waals surface area (Å²) < 4.78 is 14.3. The molecule has 0 aliphatic rings. The second kappa shape index (κ2) is 10.1. The molecule has 3 N–H and O–H groups in total. The monoisotopic (exact) mass is 487 g/mol. The van der Waals surface area contributed by atoms with Crippen molar-refractivity contribution in [1.82, 2.24) is 14.1 Å². The molecule has 0 atom stereocenters. The lowest BCUT2D eigenvalue weighted by molar-refractivity contribution is 0.209. The number of fused-ring (bicyclic) bond motifs is 1. The van der Waals surface area contributed by atoms with Crippen molar-refractivity contribution in [1.29, 1.82) is 0 Å². The standard InChI is InChI=1S/C27H29N5O4/c1-16-7-6-8-17(2)26(16)36-23-14-31(3)24(33)10-19(23)21-13-32(4)27(34)25-20(21)9-22(30-25)18(11-28)12-29-15-35-5/h6-14,30H,15,28H2,1-5H3/b18-11+,29-12+. The number of aromatic nitrogens is 3. The Morgan fingerprint density at radius 2 is 1.81 bits per heavy atom. The molecule has 0 bridgehead atoms. The number of para-hydroxylation sites is 1. The van der Waals surface area contributed by atoms with E-state index in [1.165, 1.54) is 21.4 Å². The van der Waals surface area contributed by atoms with Crippen molar-refractivity contribution in [2.24, 2.45) is 24.8 Å². The first kappa shape index (κ1) is 24.7. The number of aromatic amines is 1. The fourth-order valence-electron chi connectivity index (χ4n) is 4.08. The molecule has 0 amide bonds. The van der Waals surface area contributed by atoms with E-state index >= 15 is 0 Å². The summed E-state index contributed by atoms with van der Waals surface area (Å²) in [7, 11) is 4.88. The Morgan fingerprint density at radius 3 is 2.47 bits per heavy atom. The van der Waals surface area contributed by atoms with Gasteiger partial charge in [0, 0.05) is 73.7 Å². The summed E-state index contributed by atoms with van der Waals surface area (Å²) in [6, 6.07) is 9.26. The number of aliphatic imine (C=N–C) groups is 1. The van der Waals surface area contributed by atoms with Gasteiger partial charge in [-0.1, -0.05) is 18.2 Å². The molecule has 4 aromatic rings. The van der Waals surface area contributed by atoms with Crippen LogP contribution in [0, 0.1) is 13.8 Å². The highest BCUT2D eigenvalue weighted by atomic mass is 16.5. The Balaban J connectivity index is 1.96. The number of rotatable bonds is 7. The quantitative estimate of drug-likeness (QED) is 0.386. The molecule has 0 radical (unpaired) electrons. The van der Waals surface area contributed by atoms with Gasteiger partial charge < -0.3 is 29.3 Å². The number of pyridine rings is 2. The van der Waals surface area contributed by atoms with Crippen LogP contribution in [0.4, 0.5) is 0 Å². The van der Waals surface area contributed by atoms with Gasteiger partial charge in [-0.05, 0) is 31.0 Å². The first-order valence-corrected chi connectivity index (χ1v) is 11.3. The van der Waals surface area contributed by atoms with Crippen molar-refractivity contribution in [2.75, 3.05) is 13.8 Å². The Labute approximate surface area is 208 Å². The highest BCUT2D eigenvalue weighted by molar-refractivity contribution is 6.11. The van der Waals surface area contributed by atoms with Gasteiger partial charge in [-0.25, -0.2) is 0 Å². The molecule has 9 heteroatoms. The summed E-state index contributed by atoms with van der Waals surface area (Å²) >= 11 is 0. The fourth-order valence-corrected chi connectivity index (χ4v) is 4.08. The summed E-state index contributed by atoms with van der Waals surface area (Å²) in [6.07, 6.45) is 6.35. The molecule has 4 rings (SSSR count). The summed E-state index contributed by atoms with van der Waals surface area (Å²) in [4.78, 5) is 33.1. The number of nitrogens with one attached hydrogen (secondary N) is 1. The van der Waals surface area contributed by atoms with E-state index in [9.17, 15) is 9.59 Å². The molecule has 0 spiro atoms. The minimum absolute atomic E-state index is 0.177. The molecule has 36 heavy (non-hydrogen) atoms. The van der Waals surface area contributed by atoms with Crippen molar-refractivity contribution in [3.8, 4) is 22.6 Å². The van der Waals surface area contributed by atoms with Crippen LogP contribution in [0.2, 0.25) is 0 Å². The van der Waals surface area contributed by atoms with E-state index < -0.39 is 0 Å². The van der Waals surface area contributed by atoms with Crippen LogP contribution in [0.25, 0.3) is 27.6 Å². The van der Waals surface area contributed by atoms with Crippen LogP contribution in [0.3, 0.4) is 0 Å². The van der Waals surface area contributed by atoms with Gasteiger partial charge in [0.25, 0.3) is 11.1 Å². The second-order valence-corrected chi connectivity index (χ2v) is 8.61. The third-order valence-electron chi connectivity index (χ3n) is 5.99. The Hall–Kier alpha value is -4.37. The summed E-state index contributed by atoms with van der Waals surface area (Å²) in [5.41, 5.74) is 10.2. The van der Waals surface area contributed by atoms with Crippen LogP contribution < -0.4 is 21.6 Å². The number of nitrogens with two attached hydrogens (primary N) is 1. The van der Waals surface area contributed by atoms with Crippen LogP contribution in [0.5, 0.6) is 11.5 Å². The molecule has 0 saturated carbocycles. The Kier molecular flexibility index (Phi) is 6.93. The number of hydrogen-bond donors (Lipinski definition) is 2. The third-order valence-corrected chi connectivity index (χ3v) is 5.99.